The van der Waals surface area contributed by atoms with Gasteiger partial charge < -0.3 is 5.73 Å². The molecular formula is C17H26FN. The number of rotatable bonds is 2. The van der Waals surface area contributed by atoms with E-state index in [1.54, 1.807) is 6.07 Å². The van der Waals surface area contributed by atoms with Crippen molar-refractivity contribution in [2.75, 3.05) is 0 Å². The highest BCUT2D eigenvalue weighted by molar-refractivity contribution is 5.36. The molecule has 1 nitrogen and oxygen atoms in total. The van der Waals surface area contributed by atoms with Crippen LogP contribution < -0.4 is 5.73 Å². The summed E-state index contributed by atoms with van der Waals surface area (Å²) >= 11 is 0. The summed E-state index contributed by atoms with van der Waals surface area (Å²) < 4.78 is 14.3. The van der Waals surface area contributed by atoms with Crippen LogP contribution >= 0.6 is 0 Å². The van der Waals surface area contributed by atoms with Crippen LogP contribution in [0.4, 0.5) is 4.39 Å². The van der Waals surface area contributed by atoms with Crippen molar-refractivity contribution < 1.29 is 4.39 Å². The molecule has 3 unspecified atom stereocenters. The number of halogens is 1. The Morgan fingerprint density at radius 2 is 1.89 bits per heavy atom. The van der Waals surface area contributed by atoms with Crippen LogP contribution in [0.25, 0.3) is 0 Å². The Morgan fingerprint density at radius 1 is 1.21 bits per heavy atom. The Labute approximate surface area is 116 Å². The molecule has 3 atom stereocenters. The molecule has 2 rings (SSSR count). The third-order valence-corrected chi connectivity index (χ3v) is 4.74. The van der Waals surface area contributed by atoms with Crippen LogP contribution in [0.3, 0.4) is 0 Å². The van der Waals surface area contributed by atoms with Gasteiger partial charge in [-0.3, -0.25) is 0 Å². The molecule has 0 aliphatic heterocycles. The van der Waals surface area contributed by atoms with Crippen LogP contribution in [0.2, 0.25) is 0 Å². The standard InChI is InChI=1S/C17H26FN/c1-10(2)13-5-6-16(19)14(9-13)17-12(4)7-11(3)8-15(17)18/h7-8,10,13-14,16H,5-6,9,19H2,1-4H3. The van der Waals surface area contributed by atoms with Gasteiger partial charge in [0.1, 0.15) is 5.82 Å². The SMILES string of the molecule is Cc1cc(C)c(C2CC(C(C)C)CCC2N)c(F)c1. The van der Waals surface area contributed by atoms with E-state index in [1.807, 2.05) is 13.8 Å². The third-order valence-electron chi connectivity index (χ3n) is 4.74. The van der Waals surface area contributed by atoms with Gasteiger partial charge in [-0.1, -0.05) is 19.9 Å². The van der Waals surface area contributed by atoms with Crippen molar-refractivity contribution >= 4 is 0 Å². The van der Waals surface area contributed by atoms with Gasteiger partial charge in [0.25, 0.3) is 0 Å². The molecule has 1 fully saturated rings. The minimum absolute atomic E-state index is 0.0673. The van der Waals surface area contributed by atoms with Crippen molar-refractivity contribution in [1.29, 1.82) is 0 Å². The molecule has 106 valence electrons. The zero-order chi connectivity index (χ0) is 14.2. The molecule has 2 heteroatoms. The van der Waals surface area contributed by atoms with Gasteiger partial charge in [0.15, 0.2) is 0 Å². The third kappa shape index (κ3) is 3.00. The second-order valence-corrected chi connectivity index (χ2v) is 6.56. The van der Waals surface area contributed by atoms with Gasteiger partial charge in [-0.05, 0) is 67.7 Å². The second kappa shape index (κ2) is 5.62. The molecule has 1 aliphatic rings. The Kier molecular flexibility index (Phi) is 4.29. The van der Waals surface area contributed by atoms with Gasteiger partial charge in [-0.15, -0.1) is 0 Å². The lowest BCUT2D eigenvalue weighted by Crippen LogP contribution is -2.36. The van der Waals surface area contributed by atoms with Gasteiger partial charge in [-0.2, -0.15) is 0 Å². The van der Waals surface area contributed by atoms with E-state index in [-0.39, 0.29) is 17.8 Å². The van der Waals surface area contributed by atoms with Crippen LogP contribution in [0.5, 0.6) is 0 Å². The summed E-state index contributed by atoms with van der Waals surface area (Å²) in [5, 5.41) is 0. The van der Waals surface area contributed by atoms with Gasteiger partial charge in [0.2, 0.25) is 0 Å². The van der Waals surface area contributed by atoms with E-state index in [0.29, 0.717) is 11.8 Å². The second-order valence-electron chi connectivity index (χ2n) is 6.56. The van der Waals surface area contributed by atoms with E-state index in [4.69, 9.17) is 5.73 Å². The average molecular weight is 263 g/mol. The lowest BCUT2D eigenvalue weighted by Gasteiger charge is -2.37. The number of hydrogen-bond donors (Lipinski definition) is 1. The topological polar surface area (TPSA) is 26.0 Å². The Morgan fingerprint density at radius 3 is 2.47 bits per heavy atom. The summed E-state index contributed by atoms with van der Waals surface area (Å²) in [5.74, 6) is 1.44. The molecule has 0 amide bonds. The van der Waals surface area contributed by atoms with Gasteiger partial charge >= 0.3 is 0 Å². The van der Waals surface area contributed by atoms with Gasteiger partial charge in [0, 0.05) is 12.0 Å². The van der Waals surface area contributed by atoms with Crippen LogP contribution in [0, 0.1) is 31.5 Å². The minimum Gasteiger partial charge on any atom is -0.327 e. The summed E-state index contributed by atoms with van der Waals surface area (Å²) in [6.07, 6.45) is 3.22. The lowest BCUT2D eigenvalue weighted by atomic mass is 9.70. The fraction of sp³-hybridized carbons (Fsp3) is 0.647. The lowest BCUT2D eigenvalue weighted by molar-refractivity contribution is 0.229. The molecule has 2 N–H and O–H groups in total. The predicted octanol–water partition coefficient (Wildman–Crippen LogP) is 4.31. The molecule has 0 bridgehead atoms. The summed E-state index contributed by atoms with van der Waals surface area (Å²) in [5.41, 5.74) is 9.19. The molecule has 0 radical (unpaired) electrons. The molecule has 1 aliphatic carbocycles. The van der Waals surface area contributed by atoms with Gasteiger partial charge in [-0.25, -0.2) is 4.39 Å². The van der Waals surface area contributed by atoms with Crippen molar-refractivity contribution in [3.8, 4) is 0 Å². The van der Waals surface area contributed by atoms with Crippen LogP contribution in [-0.4, -0.2) is 6.04 Å². The number of aryl methyl sites for hydroxylation is 2. The van der Waals surface area contributed by atoms with Crippen molar-refractivity contribution in [2.45, 2.75) is 58.9 Å². The van der Waals surface area contributed by atoms with E-state index < -0.39 is 0 Å². The van der Waals surface area contributed by atoms with E-state index in [9.17, 15) is 4.39 Å². The van der Waals surface area contributed by atoms with Crippen LogP contribution in [0.1, 0.15) is 55.7 Å². The highest BCUT2D eigenvalue weighted by Crippen LogP contribution is 2.40. The molecule has 0 spiro atoms. The first kappa shape index (κ1) is 14.5. The van der Waals surface area contributed by atoms with Crippen LogP contribution in [0.15, 0.2) is 12.1 Å². The maximum atomic E-state index is 14.3. The average Bonchev–Trinajstić information content (AvgIpc) is 2.29. The Hall–Kier alpha value is -0.890. The maximum absolute atomic E-state index is 14.3. The highest BCUT2D eigenvalue weighted by Gasteiger charge is 2.33. The molecule has 1 saturated carbocycles. The molecule has 1 aromatic rings. The number of benzene rings is 1. The molecule has 1 aromatic carbocycles. The first-order valence-electron chi connectivity index (χ1n) is 7.42. The van der Waals surface area contributed by atoms with E-state index in [0.717, 1.165) is 29.5 Å². The highest BCUT2D eigenvalue weighted by atomic mass is 19.1. The normalized spacial score (nSPS) is 27.8. The smallest absolute Gasteiger partial charge is 0.127 e. The van der Waals surface area contributed by atoms with Crippen molar-refractivity contribution in [3.05, 3.63) is 34.6 Å². The summed E-state index contributed by atoms with van der Waals surface area (Å²) in [6.45, 7) is 8.47. The van der Waals surface area contributed by atoms with Gasteiger partial charge in [0.05, 0.1) is 0 Å². The minimum atomic E-state index is -0.0673. The van der Waals surface area contributed by atoms with E-state index >= 15 is 0 Å². The monoisotopic (exact) mass is 263 g/mol. The molecular weight excluding hydrogens is 237 g/mol. The number of hydrogen-bond acceptors (Lipinski definition) is 1. The molecule has 0 saturated heterocycles. The summed E-state index contributed by atoms with van der Waals surface area (Å²) in [4.78, 5) is 0. The first-order chi connectivity index (χ1) is 8.90. The Bertz CT molecular complexity index is 430. The summed E-state index contributed by atoms with van der Waals surface area (Å²) in [7, 11) is 0. The zero-order valence-corrected chi connectivity index (χ0v) is 12.5. The molecule has 19 heavy (non-hydrogen) atoms. The van der Waals surface area contributed by atoms with Crippen LogP contribution in [-0.2, 0) is 0 Å². The zero-order valence-electron chi connectivity index (χ0n) is 12.5. The van der Waals surface area contributed by atoms with Crippen molar-refractivity contribution in [1.82, 2.24) is 0 Å². The van der Waals surface area contributed by atoms with E-state index in [2.05, 4.69) is 19.9 Å². The van der Waals surface area contributed by atoms with Crippen molar-refractivity contribution in [3.63, 3.8) is 0 Å². The summed E-state index contributed by atoms with van der Waals surface area (Å²) in [6, 6.07) is 3.82. The van der Waals surface area contributed by atoms with E-state index in [1.165, 1.54) is 6.42 Å². The first-order valence-corrected chi connectivity index (χ1v) is 7.42. The maximum Gasteiger partial charge on any atom is 0.127 e. The molecule has 0 aromatic heterocycles. The predicted molar refractivity (Wildman–Crippen MR) is 78.8 cm³/mol. The largest absolute Gasteiger partial charge is 0.327 e. The molecule has 0 heterocycles. The van der Waals surface area contributed by atoms with Crippen molar-refractivity contribution in [2.24, 2.45) is 17.6 Å². The Balaban J connectivity index is 2.34. The quantitative estimate of drug-likeness (QED) is 0.845. The fourth-order valence-corrected chi connectivity index (χ4v) is 3.56. The number of nitrogens with two attached hydrogens (primary N) is 1. The fourth-order valence-electron chi connectivity index (χ4n) is 3.56.